The second-order valence-electron chi connectivity index (χ2n) is 6.80. The number of hydrogen-bond donors (Lipinski definition) is 2. The Morgan fingerprint density at radius 1 is 1.19 bits per heavy atom. The smallest absolute Gasteiger partial charge is 0.351 e. The lowest BCUT2D eigenvalue weighted by Gasteiger charge is -2.34. The Morgan fingerprint density at radius 3 is 2.42 bits per heavy atom. The SMILES string of the molecule is CC(=O)N1CCC(NC(=O)[C@@H]2CC[C@@H]3CN2C(=O)N3OS(=O)(=O)O)CC1. The average molecular weight is 390 g/mol. The molecular weight excluding hydrogens is 368 g/mol. The van der Waals surface area contributed by atoms with Crippen LogP contribution in [0.15, 0.2) is 0 Å². The number of rotatable bonds is 4. The van der Waals surface area contributed by atoms with Crippen molar-refractivity contribution >= 4 is 28.2 Å². The molecule has 3 fully saturated rings. The minimum atomic E-state index is -4.81. The van der Waals surface area contributed by atoms with Crippen LogP contribution in [0.2, 0.25) is 0 Å². The van der Waals surface area contributed by atoms with E-state index in [2.05, 4.69) is 9.60 Å². The number of carbonyl (C=O) groups excluding carboxylic acids is 3. The van der Waals surface area contributed by atoms with Crippen molar-refractivity contribution in [2.24, 2.45) is 0 Å². The van der Waals surface area contributed by atoms with Crippen molar-refractivity contribution < 1.29 is 31.6 Å². The van der Waals surface area contributed by atoms with E-state index < -0.39 is 28.5 Å². The molecule has 0 aromatic carbocycles. The van der Waals surface area contributed by atoms with Crippen molar-refractivity contribution in [1.29, 1.82) is 0 Å². The molecule has 3 aliphatic rings. The van der Waals surface area contributed by atoms with Crippen molar-refractivity contribution in [2.45, 2.75) is 50.7 Å². The number of nitrogens with one attached hydrogen (secondary N) is 1. The summed E-state index contributed by atoms with van der Waals surface area (Å²) in [5, 5.41) is 3.54. The summed E-state index contributed by atoms with van der Waals surface area (Å²) in [5.41, 5.74) is 0. The maximum atomic E-state index is 12.6. The zero-order chi connectivity index (χ0) is 19.1. The number of hydroxylamine groups is 2. The molecule has 3 heterocycles. The molecule has 0 radical (unpaired) electrons. The highest BCUT2D eigenvalue weighted by molar-refractivity contribution is 7.80. The Bertz CT molecular complexity index is 704. The molecule has 0 saturated carbocycles. The minimum Gasteiger partial charge on any atom is -0.351 e. The van der Waals surface area contributed by atoms with Gasteiger partial charge in [0, 0.05) is 32.6 Å². The highest BCUT2D eigenvalue weighted by atomic mass is 32.3. The zero-order valence-corrected chi connectivity index (χ0v) is 15.1. The van der Waals surface area contributed by atoms with Gasteiger partial charge in [-0.15, -0.1) is 4.28 Å². The molecule has 2 N–H and O–H groups in total. The van der Waals surface area contributed by atoms with Gasteiger partial charge in [-0.2, -0.15) is 13.5 Å². The van der Waals surface area contributed by atoms with E-state index in [-0.39, 0.29) is 24.4 Å². The molecule has 0 unspecified atom stereocenters. The standard InChI is InChI=1S/C14H22N4O7S/c1-9(19)16-6-4-10(5-7-16)15-13(20)12-3-2-11-8-17(12)14(21)18(11)25-26(22,23)24/h10-12H,2-8H2,1H3,(H,15,20)(H,22,23,24)/t11-,12+/m1/s1. The molecule has 0 aliphatic carbocycles. The summed E-state index contributed by atoms with van der Waals surface area (Å²) in [4.78, 5) is 39.2. The van der Waals surface area contributed by atoms with E-state index in [9.17, 15) is 22.8 Å². The van der Waals surface area contributed by atoms with Crippen LogP contribution in [0, 0.1) is 0 Å². The van der Waals surface area contributed by atoms with Crippen molar-refractivity contribution in [3.05, 3.63) is 0 Å². The highest BCUT2D eigenvalue weighted by Crippen LogP contribution is 2.30. The van der Waals surface area contributed by atoms with Gasteiger partial charge in [-0.3, -0.25) is 14.1 Å². The first-order chi connectivity index (χ1) is 12.2. The van der Waals surface area contributed by atoms with Crippen molar-refractivity contribution in [1.82, 2.24) is 20.2 Å². The molecule has 2 atom stereocenters. The first-order valence-electron chi connectivity index (χ1n) is 8.48. The van der Waals surface area contributed by atoms with E-state index in [1.54, 1.807) is 4.90 Å². The van der Waals surface area contributed by atoms with E-state index in [1.807, 2.05) is 0 Å². The number of piperidine rings is 2. The first-order valence-corrected chi connectivity index (χ1v) is 9.85. The summed E-state index contributed by atoms with van der Waals surface area (Å²) in [6.07, 6.45) is 2.05. The van der Waals surface area contributed by atoms with Gasteiger partial charge in [0.2, 0.25) is 11.8 Å². The van der Waals surface area contributed by atoms with E-state index >= 15 is 0 Å². The fourth-order valence-corrected chi connectivity index (χ4v) is 4.13. The monoisotopic (exact) mass is 390 g/mol. The van der Waals surface area contributed by atoms with Crippen LogP contribution in [-0.2, 0) is 24.3 Å². The van der Waals surface area contributed by atoms with E-state index in [4.69, 9.17) is 4.55 Å². The molecule has 11 nitrogen and oxygen atoms in total. The second-order valence-corrected chi connectivity index (χ2v) is 7.80. The predicted octanol–water partition coefficient (Wildman–Crippen LogP) is -0.883. The summed E-state index contributed by atoms with van der Waals surface area (Å²) in [6, 6.07) is -2.05. The van der Waals surface area contributed by atoms with Crippen LogP contribution >= 0.6 is 0 Å². The van der Waals surface area contributed by atoms with Gasteiger partial charge in [-0.1, -0.05) is 0 Å². The molecule has 3 saturated heterocycles. The molecule has 0 aromatic heterocycles. The normalized spacial score (nSPS) is 27.0. The molecule has 26 heavy (non-hydrogen) atoms. The lowest BCUT2D eigenvalue weighted by Crippen LogP contribution is -2.54. The summed E-state index contributed by atoms with van der Waals surface area (Å²) in [6.45, 7) is 2.82. The van der Waals surface area contributed by atoms with Crippen LogP contribution in [0.5, 0.6) is 0 Å². The lowest BCUT2D eigenvalue weighted by molar-refractivity contribution is -0.130. The number of urea groups is 1. The van der Waals surface area contributed by atoms with Gasteiger partial charge < -0.3 is 15.1 Å². The Labute approximate surface area is 151 Å². The average Bonchev–Trinajstić information content (AvgIpc) is 2.79. The summed E-state index contributed by atoms with van der Waals surface area (Å²) >= 11 is 0. The minimum absolute atomic E-state index is 0.00897. The third-order valence-corrected chi connectivity index (χ3v) is 5.44. The number of nitrogens with zero attached hydrogens (tertiary/aromatic N) is 3. The van der Waals surface area contributed by atoms with Crippen molar-refractivity contribution in [2.75, 3.05) is 19.6 Å². The fraction of sp³-hybridized carbons (Fsp3) is 0.786. The van der Waals surface area contributed by atoms with Gasteiger partial charge in [0.25, 0.3) is 0 Å². The molecule has 2 bridgehead atoms. The topological polar surface area (TPSA) is 137 Å². The van der Waals surface area contributed by atoms with Crippen molar-refractivity contribution in [3.8, 4) is 0 Å². The molecule has 0 spiro atoms. The fourth-order valence-electron chi connectivity index (χ4n) is 3.74. The Balaban J connectivity index is 1.58. The summed E-state index contributed by atoms with van der Waals surface area (Å²) in [7, 11) is -4.81. The van der Waals surface area contributed by atoms with Crippen molar-refractivity contribution in [3.63, 3.8) is 0 Å². The Kier molecular flexibility index (Phi) is 5.08. The van der Waals surface area contributed by atoms with Gasteiger partial charge >= 0.3 is 16.4 Å². The van der Waals surface area contributed by atoms with Crippen LogP contribution in [0.4, 0.5) is 4.79 Å². The Morgan fingerprint density at radius 2 is 1.85 bits per heavy atom. The van der Waals surface area contributed by atoms with Crippen LogP contribution in [0.1, 0.15) is 32.6 Å². The highest BCUT2D eigenvalue weighted by Gasteiger charge is 2.49. The van der Waals surface area contributed by atoms with Gasteiger partial charge in [0.15, 0.2) is 0 Å². The van der Waals surface area contributed by atoms with Crippen LogP contribution in [0.25, 0.3) is 0 Å². The third-order valence-electron chi connectivity index (χ3n) is 5.09. The summed E-state index contributed by atoms with van der Waals surface area (Å²) in [5.74, 6) is -0.290. The Hall–Kier alpha value is -1.92. The zero-order valence-electron chi connectivity index (χ0n) is 14.3. The molecule has 4 amide bonds. The molecule has 3 rings (SSSR count). The summed E-state index contributed by atoms with van der Waals surface area (Å²) < 4.78 is 34.9. The molecule has 0 aromatic rings. The van der Waals surface area contributed by atoms with Crippen LogP contribution < -0.4 is 5.32 Å². The third kappa shape index (κ3) is 3.91. The predicted molar refractivity (Wildman–Crippen MR) is 86.8 cm³/mol. The van der Waals surface area contributed by atoms with E-state index in [1.165, 1.54) is 11.8 Å². The first kappa shape index (κ1) is 18.9. The maximum Gasteiger partial charge on any atom is 0.418 e. The van der Waals surface area contributed by atoms with Crippen LogP contribution in [0.3, 0.4) is 0 Å². The van der Waals surface area contributed by atoms with Gasteiger partial charge in [0.1, 0.15) is 6.04 Å². The molecule has 3 aliphatic heterocycles. The maximum absolute atomic E-state index is 12.6. The quantitative estimate of drug-likeness (QED) is 0.595. The molecule has 146 valence electrons. The lowest BCUT2D eigenvalue weighted by atomic mass is 9.99. The number of amides is 4. The number of fused-ring (bicyclic) bond motifs is 2. The van der Waals surface area contributed by atoms with Gasteiger partial charge in [-0.05, 0) is 25.7 Å². The number of likely N-dealkylation sites (tertiary alicyclic amines) is 1. The molecule has 12 heteroatoms. The largest absolute Gasteiger partial charge is 0.418 e. The number of hydrogen-bond acceptors (Lipinski definition) is 6. The van der Waals surface area contributed by atoms with E-state index in [0.717, 1.165) is 0 Å². The van der Waals surface area contributed by atoms with E-state index in [0.29, 0.717) is 43.8 Å². The van der Waals surface area contributed by atoms with Crippen LogP contribution in [-0.4, -0.2) is 83.4 Å². The van der Waals surface area contributed by atoms with Gasteiger partial charge in [-0.25, -0.2) is 4.79 Å². The molecular formula is C14H22N4O7S. The van der Waals surface area contributed by atoms with Gasteiger partial charge in [0.05, 0.1) is 6.04 Å². The second kappa shape index (κ2) is 7.00. The number of carbonyl (C=O) groups is 3.